The minimum atomic E-state index is -0.604. The Balaban J connectivity index is 2.50. The summed E-state index contributed by atoms with van der Waals surface area (Å²) in [5.74, 6) is -0.423. The van der Waals surface area contributed by atoms with Crippen molar-refractivity contribution < 1.29 is 13.9 Å². The average molecular weight is 361 g/mol. The van der Waals surface area contributed by atoms with Crippen LogP contribution in [0.15, 0.2) is 24.4 Å². The number of hydrogen-bond acceptors (Lipinski definition) is 2. The van der Waals surface area contributed by atoms with Gasteiger partial charge in [-0.1, -0.05) is 0 Å². The quantitative estimate of drug-likeness (QED) is 0.660. The van der Waals surface area contributed by atoms with E-state index in [0.717, 1.165) is 3.57 Å². The highest BCUT2D eigenvalue weighted by molar-refractivity contribution is 14.1. The molecule has 0 aliphatic rings. The summed E-state index contributed by atoms with van der Waals surface area (Å²) in [7, 11) is 0. The molecular weight excluding hydrogens is 348 g/mol. The Labute approximate surface area is 118 Å². The van der Waals surface area contributed by atoms with Gasteiger partial charge in [0.25, 0.3) is 0 Å². The van der Waals surface area contributed by atoms with Crippen molar-refractivity contribution in [3.63, 3.8) is 0 Å². The number of carbonyl (C=O) groups excluding carboxylic acids is 1. The van der Waals surface area contributed by atoms with Gasteiger partial charge >= 0.3 is 6.09 Å². The molecule has 0 aliphatic heterocycles. The minimum absolute atomic E-state index is 0.254. The lowest BCUT2D eigenvalue weighted by molar-refractivity contribution is 0.0543. The Kier molecular flexibility index (Phi) is 3.35. The van der Waals surface area contributed by atoms with E-state index in [4.69, 9.17) is 4.74 Å². The zero-order chi connectivity index (χ0) is 13.5. The molecule has 1 heterocycles. The van der Waals surface area contributed by atoms with Crippen LogP contribution in [-0.2, 0) is 4.74 Å². The lowest BCUT2D eigenvalue weighted by Gasteiger charge is -2.19. The molecular formula is C13H13FINO2. The van der Waals surface area contributed by atoms with Crippen molar-refractivity contribution in [2.45, 2.75) is 26.4 Å². The normalized spacial score (nSPS) is 11.8. The predicted molar refractivity (Wildman–Crippen MR) is 76.2 cm³/mol. The smallest absolute Gasteiger partial charge is 0.419 e. The fourth-order valence-electron chi connectivity index (χ4n) is 1.66. The lowest BCUT2D eigenvalue weighted by atomic mass is 10.2. The van der Waals surface area contributed by atoms with Crippen LogP contribution >= 0.6 is 22.6 Å². The van der Waals surface area contributed by atoms with Crippen LogP contribution in [0.4, 0.5) is 9.18 Å². The van der Waals surface area contributed by atoms with Crippen LogP contribution in [0.3, 0.4) is 0 Å². The van der Waals surface area contributed by atoms with E-state index in [1.54, 1.807) is 26.8 Å². The molecule has 5 heteroatoms. The van der Waals surface area contributed by atoms with E-state index in [1.165, 1.54) is 16.8 Å². The van der Waals surface area contributed by atoms with Crippen molar-refractivity contribution in [1.82, 2.24) is 4.57 Å². The zero-order valence-electron chi connectivity index (χ0n) is 10.3. The van der Waals surface area contributed by atoms with Gasteiger partial charge in [0.05, 0.1) is 5.52 Å². The second-order valence-electron chi connectivity index (χ2n) is 4.99. The highest BCUT2D eigenvalue weighted by atomic mass is 127. The molecule has 96 valence electrons. The molecule has 0 bridgehead atoms. The Morgan fingerprint density at radius 2 is 2.06 bits per heavy atom. The number of rotatable bonds is 0. The Hall–Kier alpha value is -1.11. The van der Waals surface area contributed by atoms with E-state index in [9.17, 15) is 9.18 Å². The largest absolute Gasteiger partial charge is 0.443 e. The molecule has 0 aliphatic carbocycles. The minimum Gasteiger partial charge on any atom is -0.443 e. The number of aromatic nitrogens is 1. The first-order valence-corrected chi connectivity index (χ1v) is 6.55. The van der Waals surface area contributed by atoms with Crippen molar-refractivity contribution in [1.29, 1.82) is 0 Å². The van der Waals surface area contributed by atoms with Gasteiger partial charge in [0, 0.05) is 15.2 Å². The fraction of sp³-hybridized carbons (Fsp3) is 0.308. The van der Waals surface area contributed by atoms with E-state index < -0.39 is 17.5 Å². The zero-order valence-corrected chi connectivity index (χ0v) is 12.5. The van der Waals surface area contributed by atoms with Crippen LogP contribution < -0.4 is 0 Å². The van der Waals surface area contributed by atoms with E-state index in [1.807, 2.05) is 28.7 Å². The molecule has 0 N–H and O–H groups in total. The Morgan fingerprint density at radius 1 is 1.39 bits per heavy atom. The molecule has 0 unspecified atom stereocenters. The number of hydrogen-bond donors (Lipinski definition) is 0. The predicted octanol–water partition coefficient (Wildman–Crippen LogP) is 4.17. The molecule has 1 aromatic heterocycles. The highest BCUT2D eigenvalue weighted by Gasteiger charge is 2.20. The third-order valence-electron chi connectivity index (χ3n) is 2.29. The van der Waals surface area contributed by atoms with Crippen LogP contribution in [0.2, 0.25) is 0 Å². The topological polar surface area (TPSA) is 31.2 Å². The summed E-state index contributed by atoms with van der Waals surface area (Å²) in [6.45, 7) is 5.32. The van der Waals surface area contributed by atoms with Gasteiger partial charge in [-0.05, 0) is 61.6 Å². The average Bonchev–Trinajstić information content (AvgIpc) is 2.58. The van der Waals surface area contributed by atoms with Crippen molar-refractivity contribution in [2.75, 3.05) is 0 Å². The van der Waals surface area contributed by atoms with Crippen molar-refractivity contribution in [2.24, 2.45) is 0 Å². The number of carbonyl (C=O) groups is 1. The number of ether oxygens (including phenoxy) is 1. The van der Waals surface area contributed by atoms with Crippen LogP contribution in [0.25, 0.3) is 10.9 Å². The molecule has 18 heavy (non-hydrogen) atoms. The van der Waals surface area contributed by atoms with Crippen molar-refractivity contribution >= 4 is 39.6 Å². The van der Waals surface area contributed by atoms with Gasteiger partial charge in [-0.25, -0.2) is 13.8 Å². The maximum Gasteiger partial charge on any atom is 0.419 e. The lowest BCUT2D eigenvalue weighted by Crippen LogP contribution is -2.26. The first kappa shape index (κ1) is 13.3. The summed E-state index contributed by atoms with van der Waals surface area (Å²) in [5, 5.41) is 0.685. The Bertz CT molecular complexity index is 613. The van der Waals surface area contributed by atoms with Gasteiger partial charge in [0.1, 0.15) is 11.4 Å². The van der Waals surface area contributed by atoms with Gasteiger partial charge in [-0.3, -0.25) is 0 Å². The summed E-state index contributed by atoms with van der Waals surface area (Å²) in [6.07, 6.45) is 0.954. The monoisotopic (exact) mass is 361 g/mol. The molecule has 0 atom stereocenters. The SMILES string of the molecule is CC(C)(C)OC(=O)n1ccc2cc(I)cc(F)c21. The van der Waals surface area contributed by atoms with Gasteiger partial charge in [0.2, 0.25) is 0 Å². The molecule has 3 nitrogen and oxygen atoms in total. The van der Waals surface area contributed by atoms with Crippen LogP contribution in [0, 0.1) is 9.39 Å². The number of fused-ring (bicyclic) bond motifs is 1. The summed E-state index contributed by atoms with van der Waals surface area (Å²) < 4.78 is 21.1. The summed E-state index contributed by atoms with van der Waals surface area (Å²) in [6, 6.07) is 4.91. The molecule has 2 rings (SSSR count). The van der Waals surface area contributed by atoms with E-state index >= 15 is 0 Å². The summed E-state index contributed by atoms with van der Waals surface area (Å²) in [4.78, 5) is 11.9. The number of nitrogens with zero attached hydrogens (tertiary/aromatic N) is 1. The highest BCUT2D eigenvalue weighted by Crippen LogP contribution is 2.23. The molecule has 1 aromatic carbocycles. The molecule has 0 radical (unpaired) electrons. The standard InChI is InChI=1S/C13H13FINO2/c1-13(2,3)18-12(17)16-5-4-8-6-9(15)7-10(14)11(8)16/h4-7H,1-3H3. The van der Waals surface area contributed by atoms with Gasteiger partial charge < -0.3 is 4.74 Å². The third kappa shape index (κ3) is 2.66. The van der Waals surface area contributed by atoms with Crippen molar-refractivity contribution in [3.8, 4) is 0 Å². The second-order valence-corrected chi connectivity index (χ2v) is 6.24. The molecule has 0 saturated carbocycles. The Morgan fingerprint density at radius 3 is 2.67 bits per heavy atom. The molecule has 0 amide bonds. The van der Waals surface area contributed by atoms with Crippen LogP contribution in [0.5, 0.6) is 0 Å². The first-order valence-electron chi connectivity index (χ1n) is 5.47. The first-order chi connectivity index (χ1) is 8.28. The van der Waals surface area contributed by atoms with Gasteiger partial charge in [-0.2, -0.15) is 0 Å². The van der Waals surface area contributed by atoms with E-state index in [2.05, 4.69) is 0 Å². The third-order valence-corrected chi connectivity index (χ3v) is 2.91. The summed E-state index contributed by atoms with van der Waals surface area (Å²) in [5.41, 5.74) is -0.349. The number of halogens is 2. The van der Waals surface area contributed by atoms with Crippen LogP contribution in [0.1, 0.15) is 20.8 Å². The van der Waals surface area contributed by atoms with Crippen molar-refractivity contribution in [3.05, 3.63) is 33.8 Å². The second kappa shape index (κ2) is 4.53. The van der Waals surface area contributed by atoms with Gasteiger partial charge in [0.15, 0.2) is 0 Å². The summed E-state index contributed by atoms with van der Waals surface area (Å²) >= 11 is 2.04. The fourth-order valence-corrected chi connectivity index (χ4v) is 2.27. The van der Waals surface area contributed by atoms with Gasteiger partial charge in [-0.15, -0.1) is 0 Å². The maximum absolute atomic E-state index is 13.9. The molecule has 0 saturated heterocycles. The van der Waals surface area contributed by atoms with Crippen LogP contribution in [-0.4, -0.2) is 16.3 Å². The molecule has 0 spiro atoms. The molecule has 2 aromatic rings. The van der Waals surface area contributed by atoms with E-state index in [-0.39, 0.29) is 5.52 Å². The maximum atomic E-state index is 13.9. The molecule has 0 fully saturated rings. The number of benzene rings is 1. The van der Waals surface area contributed by atoms with E-state index in [0.29, 0.717) is 5.39 Å².